The van der Waals surface area contributed by atoms with E-state index < -0.39 is 0 Å². The molecule has 0 atom stereocenters. The quantitative estimate of drug-likeness (QED) is 0.480. The Hall–Kier alpha value is -0.500. The van der Waals surface area contributed by atoms with Crippen molar-refractivity contribution in [2.75, 3.05) is 19.0 Å². The van der Waals surface area contributed by atoms with Gasteiger partial charge in [0.15, 0.2) is 0 Å². The lowest BCUT2D eigenvalue weighted by Crippen LogP contribution is -2.30. The standard InChI is InChI=1S/C10H18ClNO/c1-3-8-12(9-4-2)10(13)6-5-7-11/h5-6H,3-4,7-9H2,1-2H3/b6-5+. The molecule has 0 rings (SSSR count). The molecule has 0 N–H and O–H groups in total. The summed E-state index contributed by atoms with van der Waals surface area (Å²) in [6.45, 7) is 5.81. The van der Waals surface area contributed by atoms with Crippen molar-refractivity contribution >= 4 is 17.5 Å². The molecule has 0 aliphatic heterocycles. The van der Waals surface area contributed by atoms with Crippen LogP contribution in [0, 0.1) is 0 Å². The number of hydrogen-bond acceptors (Lipinski definition) is 1. The van der Waals surface area contributed by atoms with Gasteiger partial charge in [-0.25, -0.2) is 0 Å². The van der Waals surface area contributed by atoms with E-state index in [4.69, 9.17) is 11.6 Å². The van der Waals surface area contributed by atoms with Crippen LogP contribution in [-0.2, 0) is 4.79 Å². The summed E-state index contributed by atoms with van der Waals surface area (Å²) in [5.41, 5.74) is 0. The number of allylic oxidation sites excluding steroid dienone is 1. The van der Waals surface area contributed by atoms with E-state index in [0.717, 1.165) is 25.9 Å². The highest BCUT2D eigenvalue weighted by Gasteiger charge is 2.06. The van der Waals surface area contributed by atoms with Gasteiger partial charge in [0.2, 0.25) is 5.91 Å². The van der Waals surface area contributed by atoms with E-state index in [1.807, 2.05) is 4.90 Å². The Labute approximate surface area is 85.6 Å². The maximum Gasteiger partial charge on any atom is 0.246 e. The van der Waals surface area contributed by atoms with Gasteiger partial charge < -0.3 is 4.90 Å². The van der Waals surface area contributed by atoms with E-state index in [-0.39, 0.29) is 5.91 Å². The van der Waals surface area contributed by atoms with Crippen LogP contribution in [0.2, 0.25) is 0 Å². The Kier molecular flexibility index (Phi) is 7.80. The SMILES string of the molecule is CCCN(CCC)C(=O)/C=C/CCl. The molecule has 0 aromatic rings. The topological polar surface area (TPSA) is 20.3 Å². The molecule has 0 unspecified atom stereocenters. The van der Waals surface area contributed by atoms with E-state index in [0.29, 0.717) is 5.88 Å². The maximum absolute atomic E-state index is 11.5. The molecular weight excluding hydrogens is 186 g/mol. The van der Waals surface area contributed by atoms with E-state index in [1.165, 1.54) is 0 Å². The second-order valence-electron chi connectivity index (χ2n) is 2.88. The van der Waals surface area contributed by atoms with Crippen molar-refractivity contribution in [3.8, 4) is 0 Å². The number of amides is 1. The Morgan fingerprint density at radius 2 is 1.85 bits per heavy atom. The van der Waals surface area contributed by atoms with Gasteiger partial charge in [-0.3, -0.25) is 4.79 Å². The fourth-order valence-electron chi connectivity index (χ4n) is 1.12. The number of nitrogens with zero attached hydrogens (tertiary/aromatic N) is 1. The Bertz CT molecular complexity index is 162. The number of carbonyl (C=O) groups excluding carboxylic acids is 1. The van der Waals surface area contributed by atoms with Crippen LogP contribution in [0.15, 0.2) is 12.2 Å². The predicted octanol–water partition coefficient (Wildman–Crippen LogP) is 2.43. The zero-order chi connectivity index (χ0) is 10.1. The smallest absolute Gasteiger partial charge is 0.246 e. The van der Waals surface area contributed by atoms with Crippen LogP contribution in [0.5, 0.6) is 0 Å². The van der Waals surface area contributed by atoms with Crippen LogP contribution in [0.1, 0.15) is 26.7 Å². The van der Waals surface area contributed by atoms with Crippen LogP contribution in [0.3, 0.4) is 0 Å². The van der Waals surface area contributed by atoms with E-state index in [9.17, 15) is 4.79 Å². The molecule has 2 nitrogen and oxygen atoms in total. The first-order valence-corrected chi connectivity index (χ1v) is 5.31. The molecule has 0 spiro atoms. The van der Waals surface area contributed by atoms with Gasteiger partial charge in [-0.2, -0.15) is 0 Å². The molecule has 0 aromatic carbocycles. The first kappa shape index (κ1) is 12.5. The molecule has 0 bridgehead atoms. The van der Waals surface area contributed by atoms with Gasteiger partial charge in [-0.15, -0.1) is 11.6 Å². The van der Waals surface area contributed by atoms with Crippen molar-refractivity contribution in [3.63, 3.8) is 0 Å². The van der Waals surface area contributed by atoms with Crippen molar-refractivity contribution in [2.24, 2.45) is 0 Å². The summed E-state index contributed by atoms with van der Waals surface area (Å²) in [5, 5.41) is 0. The molecule has 76 valence electrons. The second-order valence-corrected chi connectivity index (χ2v) is 3.19. The third kappa shape index (κ3) is 5.69. The van der Waals surface area contributed by atoms with Crippen molar-refractivity contribution in [3.05, 3.63) is 12.2 Å². The fraction of sp³-hybridized carbons (Fsp3) is 0.700. The summed E-state index contributed by atoms with van der Waals surface area (Å²) < 4.78 is 0. The minimum atomic E-state index is 0.0735. The average molecular weight is 204 g/mol. The molecule has 0 fully saturated rings. The van der Waals surface area contributed by atoms with Gasteiger partial charge in [0.1, 0.15) is 0 Å². The Morgan fingerprint density at radius 3 is 2.23 bits per heavy atom. The highest BCUT2D eigenvalue weighted by molar-refractivity contribution is 6.19. The van der Waals surface area contributed by atoms with Gasteiger partial charge in [-0.1, -0.05) is 19.9 Å². The normalized spacial score (nSPS) is 10.7. The summed E-state index contributed by atoms with van der Waals surface area (Å²) in [6, 6.07) is 0. The number of alkyl halides is 1. The third-order valence-electron chi connectivity index (χ3n) is 1.65. The molecule has 0 aromatic heterocycles. The highest BCUT2D eigenvalue weighted by atomic mass is 35.5. The lowest BCUT2D eigenvalue weighted by Gasteiger charge is -2.19. The molecule has 0 radical (unpaired) electrons. The van der Waals surface area contributed by atoms with Gasteiger partial charge in [0.25, 0.3) is 0 Å². The average Bonchev–Trinajstić information content (AvgIpc) is 2.14. The lowest BCUT2D eigenvalue weighted by molar-refractivity contribution is -0.126. The predicted molar refractivity (Wildman–Crippen MR) is 57.0 cm³/mol. The van der Waals surface area contributed by atoms with Gasteiger partial charge in [-0.05, 0) is 12.8 Å². The van der Waals surface area contributed by atoms with Crippen LogP contribution in [0.4, 0.5) is 0 Å². The summed E-state index contributed by atoms with van der Waals surface area (Å²) in [6.07, 6.45) is 5.24. The molecule has 0 aliphatic carbocycles. The molecule has 3 heteroatoms. The molecular formula is C10H18ClNO. The minimum absolute atomic E-state index is 0.0735. The van der Waals surface area contributed by atoms with Crippen molar-refractivity contribution in [2.45, 2.75) is 26.7 Å². The van der Waals surface area contributed by atoms with Crippen LogP contribution in [0.25, 0.3) is 0 Å². The Balaban J connectivity index is 4.02. The van der Waals surface area contributed by atoms with E-state index in [2.05, 4.69) is 13.8 Å². The zero-order valence-corrected chi connectivity index (χ0v) is 9.18. The maximum atomic E-state index is 11.5. The van der Waals surface area contributed by atoms with Crippen molar-refractivity contribution < 1.29 is 4.79 Å². The largest absolute Gasteiger partial charge is 0.339 e. The summed E-state index contributed by atoms with van der Waals surface area (Å²) >= 11 is 5.45. The van der Waals surface area contributed by atoms with Crippen LogP contribution >= 0.6 is 11.6 Å². The number of carbonyl (C=O) groups is 1. The lowest BCUT2D eigenvalue weighted by atomic mass is 10.3. The summed E-state index contributed by atoms with van der Waals surface area (Å²) in [5.74, 6) is 0.474. The minimum Gasteiger partial charge on any atom is -0.339 e. The van der Waals surface area contributed by atoms with E-state index >= 15 is 0 Å². The van der Waals surface area contributed by atoms with Crippen LogP contribution < -0.4 is 0 Å². The van der Waals surface area contributed by atoms with Gasteiger partial charge in [0, 0.05) is 25.0 Å². The monoisotopic (exact) mass is 203 g/mol. The molecule has 0 heterocycles. The first-order chi connectivity index (χ1) is 6.26. The van der Waals surface area contributed by atoms with Crippen molar-refractivity contribution in [1.29, 1.82) is 0 Å². The van der Waals surface area contributed by atoms with Crippen molar-refractivity contribution in [1.82, 2.24) is 4.90 Å². The molecule has 0 saturated heterocycles. The zero-order valence-electron chi connectivity index (χ0n) is 8.42. The highest BCUT2D eigenvalue weighted by Crippen LogP contribution is 1.96. The Morgan fingerprint density at radius 1 is 1.31 bits per heavy atom. The third-order valence-corrected chi connectivity index (χ3v) is 1.83. The van der Waals surface area contributed by atoms with E-state index in [1.54, 1.807) is 12.2 Å². The molecule has 13 heavy (non-hydrogen) atoms. The molecule has 0 aliphatic rings. The number of halogens is 1. The second kappa shape index (κ2) is 8.11. The van der Waals surface area contributed by atoms with Crippen LogP contribution in [-0.4, -0.2) is 29.8 Å². The van der Waals surface area contributed by atoms with Gasteiger partial charge >= 0.3 is 0 Å². The van der Waals surface area contributed by atoms with Gasteiger partial charge in [0.05, 0.1) is 0 Å². The fourth-order valence-corrected chi connectivity index (χ4v) is 1.21. The first-order valence-electron chi connectivity index (χ1n) is 4.77. The summed E-state index contributed by atoms with van der Waals surface area (Å²) in [7, 11) is 0. The number of rotatable bonds is 6. The number of hydrogen-bond donors (Lipinski definition) is 0. The molecule has 1 amide bonds. The molecule has 0 saturated carbocycles. The summed E-state index contributed by atoms with van der Waals surface area (Å²) in [4.78, 5) is 13.3.